The standard InChI is InChI=1S/C29H20F4N2O3/c1-16(36)34-21-9-6-17(7-10-21)22-14-23(27(37-2)15-24(22)30)18-4-3-5-19(12-18)28-35-25-13-20(29(31,32)33)8-11-26(25)38-28/h3-15H,1-2H3,(H,34,36). The number of benzene rings is 4. The lowest BCUT2D eigenvalue weighted by molar-refractivity contribution is -0.137. The van der Waals surface area contributed by atoms with Crippen LogP contribution in [0.2, 0.25) is 0 Å². The second-order valence-electron chi connectivity index (χ2n) is 8.57. The predicted octanol–water partition coefficient (Wildman–Crippen LogP) is 7.95. The first kappa shape index (κ1) is 25.0. The van der Waals surface area contributed by atoms with E-state index < -0.39 is 17.6 Å². The van der Waals surface area contributed by atoms with Crippen molar-refractivity contribution in [2.45, 2.75) is 13.1 Å². The van der Waals surface area contributed by atoms with Crippen LogP contribution in [0.15, 0.2) is 83.3 Å². The second kappa shape index (κ2) is 9.66. The molecule has 4 aromatic carbocycles. The largest absolute Gasteiger partial charge is 0.496 e. The quantitative estimate of drug-likeness (QED) is 0.239. The van der Waals surface area contributed by atoms with Crippen LogP contribution < -0.4 is 10.1 Å². The number of nitrogens with zero attached hydrogens (tertiary/aromatic N) is 1. The Hall–Kier alpha value is -4.66. The van der Waals surface area contributed by atoms with Crippen molar-refractivity contribution in [3.8, 4) is 39.5 Å². The zero-order chi connectivity index (χ0) is 27.0. The van der Waals surface area contributed by atoms with E-state index in [4.69, 9.17) is 9.15 Å². The number of hydrogen-bond donors (Lipinski definition) is 1. The highest BCUT2D eigenvalue weighted by molar-refractivity contribution is 5.89. The molecule has 0 aliphatic rings. The summed E-state index contributed by atoms with van der Waals surface area (Å²) >= 11 is 0. The van der Waals surface area contributed by atoms with Crippen molar-refractivity contribution in [2.24, 2.45) is 0 Å². The van der Waals surface area contributed by atoms with Gasteiger partial charge in [-0.3, -0.25) is 4.79 Å². The SMILES string of the molecule is COc1cc(F)c(-c2ccc(NC(C)=O)cc2)cc1-c1cccc(-c2nc3cc(C(F)(F)F)ccc3o2)c1. The van der Waals surface area contributed by atoms with Gasteiger partial charge < -0.3 is 14.5 Å². The number of anilines is 1. The summed E-state index contributed by atoms with van der Waals surface area (Å²) in [6.07, 6.45) is -4.49. The highest BCUT2D eigenvalue weighted by Crippen LogP contribution is 2.39. The lowest BCUT2D eigenvalue weighted by Gasteiger charge is -2.14. The molecular weight excluding hydrogens is 500 g/mol. The Bertz CT molecular complexity index is 1660. The van der Waals surface area contributed by atoms with Crippen molar-refractivity contribution in [2.75, 3.05) is 12.4 Å². The maximum atomic E-state index is 15.1. The number of amides is 1. The summed E-state index contributed by atoms with van der Waals surface area (Å²) in [5, 5.41) is 2.67. The first-order valence-corrected chi connectivity index (χ1v) is 11.5. The van der Waals surface area contributed by atoms with Crippen molar-refractivity contribution in [3.05, 3.63) is 90.2 Å². The summed E-state index contributed by atoms with van der Waals surface area (Å²) in [7, 11) is 1.43. The number of carbonyl (C=O) groups excluding carboxylic acids is 1. The Kier molecular flexibility index (Phi) is 6.36. The van der Waals surface area contributed by atoms with Crippen LogP contribution in [-0.2, 0) is 11.0 Å². The van der Waals surface area contributed by atoms with Gasteiger partial charge in [0.1, 0.15) is 17.1 Å². The van der Waals surface area contributed by atoms with E-state index in [9.17, 15) is 18.0 Å². The summed E-state index contributed by atoms with van der Waals surface area (Å²) in [5.74, 6) is -0.259. The summed E-state index contributed by atoms with van der Waals surface area (Å²) in [6, 6.07) is 19.8. The van der Waals surface area contributed by atoms with E-state index in [2.05, 4.69) is 10.3 Å². The van der Waals surface area contributed by atoms with Crippen molar-refractivity contribution in [3.63, 3.8) is 0 Å². The van der Waals surface area contributed by atoms with Crippen LogP contribution in [-0.4, -0.2) is 18.0 Å². The normalized spacial score (nSPS) is 11.5. The molecule has 1 aromatic heterocycles. The Morgan fingerprint density at radius 3 is 2.32 bits per heavy atom. The zero-order valence-electron chi connectivity index (χ0n) is 20.2. The summed E-state index contributed by atoms with van der Waals surface area (Å²) in [5.41, 5.74) is 2.78. The number of fused-ring (bicyclic) bond motifs is 1. The van der Waals surface area contributed by atoms with E-state index in [0.717, 1.165) is 12.1 Å². The minimum absolute atomic E-state index is 0.0876. The molecule has 0 aliphatic carbocycles. The minimum Gasteiger partial charge on any atom is -0.496 e. The molecular formula is C29H20F4N2O3. The number of aromatic nitrogens is 1. The van der Waals surface area contributed by atoms with Gasteiger partial charge in [0.05, 0.1) is 12.7 Å². The molecule has 5 aromatic rings. The summed E-state index contributed by atoms with van der Waals surface area (Å²) in [6.45, 7) is 1.40. The van der Waals surface area contributed by atoms with Gasteiger partial charge in [-0.15, -0.1) is 0 Å². The maximum absolute atomic E-state index is 15.1. The molecule has 0 saturated carbocycles. The van der Waals surface area contributed by atoms with Crippen LogP contribution in [0, 0.1) is 5.82 Å². The number of alkyl halides is 3. The Morgan fingerprint density at radius 1 is 0.895 bits per heavy atom. The Balaban J connectivity index is 1.55. The molecule has 1 N–H and O–H groups in total. The van der Waals surface area contributed by atoms with E-state index in [0.29, 0.717) is 39.3 Å². The van der Waals surface area contributed by atoms with Gasteiger partial charge in [0.25, 0.3) is 0 Å². The van der Waals surface area contributed by atoms with Gasteiger partial charge in [0, 0.05) is 35.4 Å². The third kappa shape index (κ3) is 4.95. The number of nitrogens with one attached hydrogen (secondary N) is 1. The average Bonchev–Trinajstić information content (AvgIpc) is 3.32. The molecule has 0 atom stereocenters. The van der Waals surface area contributed by atoms with Gasteiger partial charge in [-0.2, -0.15) is 13.2 Å². The first-order chi connectivity index (χ1) is 18.1. The van der Waals surface area contributed by atoms with E-state index in [-0.39, 0.29) is 22.9 Å². The molecule has 192 valence electrons. The molecule has 0 spiro atoms. The first-order valence-electron chi connectivity index (χ1n) is 11.5. The molecule has 38 heavy (non-hydrogen) atoms. The third-order valence-electron chi connectivity index (χ3n) is 5.94. The lowest BCUT2D eigenvalue weighted by Crippen LogP contribution is -2.05. The number of ether oxygens (including phenoxy) is 1. The van der Waals surface area contributed by atoms with Gasteiger partial charge >= 0.3 is 6.18 Å². The smallest absolute Gasteiger partial charge is 0.416 e. The van der Waals surface area contributed by atoms with Gasteiger partial charge in [-0.05, 0) is 59.7 Å². The fourth-order valence-electron chi connectivity index (χ4n) is 4.15. The molecule has 0 fully saturated rings. The Labute approximate surface area is 214 Å². The highest BCUT2D eigenvalue weighted by Gasteiger charge is 2.31. The highest BCUT2D eigenvalue weighted by atomic mass is 19.4. The van der Waals surface area contributed by atoms with Crippen molar-refractivity contribution in [1.82, 2.24) is 4.98 Å². The number of carbonyl (C=O) groups is 1. The number of rotatable bonds is 5. The molecule has 5 rings (SSSR count). The molecule has 0 saturated heterocycles. The molecule has 9 heteroatoms. The minimum atomic E-state index is -4.49. The number of methoxy groups -OCH3 is 1. The van der Waals surface area contributed by atoms with Crippen molar-refractivity contribution < 1.29 is 31.5 Å². The number of halogens is 4. The lowest BCUT2D eigenvalue weighted by atomic mass is 9.96. The van der Waals surface area contributed by atoms with E-state index in [1.165, 1.54) is 26.2 Å². The van der Waals surface area contributed by atoms with Crippen LogP contribution >= 0.6 is 0 Å². The molecule has 1 amide bonds. The fourth-order valence-corrected chi connectivity index (χ4v) is 4.15. The molecule has 0 radical (unpaired) electrons. The topological polar surface area (TPSA) is 64.4 Å². The molecule has 0 unspecified atom stereocenters. The van der Waals surface area contributed by atoms with Crippen LogP contribution in [0.5, 0.6) is 5.75 Å². The number of oxazole rings is 1. The van der Waals surface area contributed by atoms with Crippen LogP contribution in [0.1, 0.15) is 12.5 Å². The van der Waals surface area contributed by atoms with Gasteiger partial charge in [0.2, 0.25) is 11.8 Å². The van der Waals surface area contributed by atoms with Crippen LogP contribution in [0.4, 0.5) is 23.2 Å². The van der Waals surface area contributed by atoms with Crippen molar-refractivity contribution >= 4 is 22.7 Å². The summed E-state index contributed by atoms with van der Waals surface area (Å²) < 4.78 is 65.5. The average molecular weight is 520 g/mol. The molecule has 5 nitrogen and oxygen atoms in total. The number of hydrogen-bond acceptors (Lipinski definition) is 4. The summed E-state index contributed by atoms with van der Waals surface area (Å²) in [4.78, 5) is 15.5. The van der Waals surface area contributed by atoms with Crippen LogP contribution in [0.3, 0.4) is 0 Å². The van der Waals surface area contributed by atoms with Gasteiger partial charge in [0.15, 0.2) is 5.58 Å². The Morgan fingerprint density at radius 2 is 1.63 bits per heavy atom. The molecule has 0 aliphatic heterocycles. The van der Waals surface area contributed by atoms with E-state index >= 15 is 4.39 Å². The second-order valence-corrected chi connectivity index (χ2v) is 8.57. The van der Waals surface area contributed by atoms with E-state index in [1.54, 1.807) is 54.6 Å². The maximum Gasteiger partial charge on any atom is 0.416 e. The monoisotopic (exact) mass is 520 g/mol. The third-order valence-corrected chi connectivity index (χ3v) is 5.94. The van der Waals surface area contributed by atoms with Crippen LogP contribution in [0.25, 0.3) is 44.8 Å². The molecule has 1 heterocycles. The van der Waals surface area contributed by atoms with E-state index in [1.807, 2.05) is 0 Å². The fraction of sp³-hybridized carbons (Fsp3) is 0.103. The van der Waals surface area contributed by atoms with Crippen molar-refractivity contribution in [1.29, 1.82) is 0 Å². The predicted molar refractivity (Wildman–Crippen MR) is 136 cm³/mol. The van der Waals surface area contributed by atoms with Gasteiger partial charge in [-0.25, -0.2) is 9.37 Å². The van der Waals surface area contributed by atoms with Gasteiger partial charge in [-0.1, -0.05) is 24.3 Å². The zero-order valence-corrected chi connectivity index (χ0v) is 20.2. The molecule has 0 bridgehead atoms.